The van der Waals surface area contributed by atoms with Gasteiger partial charge in [0.1, 0.15) is 36.1 Å². The zero-order valence-corrected chi connectivity index (χ0v) is 29.0. The molecule has 48 heavy (non-hydrogen) atoms. The lowest BCUT2D eigenvalue weighted by Gasteiger charge is -2.71. The standard InChI is InChI=1S/C36H56O12/c1-31(2)11-13-36(30(45)48-29-26(42)25(41)24(40)20(16-37)47-29)14-12-33(4)18(23(36)28(31)44)7-8-21-32(3)15-19(39)27(43)35(6,46-17-38)22(32)9-10-34(21,33)5/h7,17,19-29,37,39-44H,8-16H2,1-6H3/t19-,20?,21?,22?,23-,24+,25?,26-,27+,28+,29-,32-,33-,34-,35-,36+/m1/s1. The average Bonchev–Trinajstić information content (AvgIpc) is 3.02. The van der Waals surface area contributed by atoms with Crippen LogP contribution in [-0.2, 0) is 23.8 Å². The highest BCUT2D eigenvalue weighted by Crippen LogP contribution is 2.75. The number of fused-ring (bicyclic) bond motifs is 7. The van der Waals surface area contributed by atoms with Gasteiger partial charge in [-0.05, 0) is 85.9 Å². The van der Waals surface area contributed by atoms with Crippen LogP contribution in [-0.4, -0.2) is 109 Å². The van der Waals surface area contributed by atoms with Crippen molar-refractivity contribution in [2.45, 2.75) is 148 Å². The van der Waals surface area contributed by atoms with Crippen molar-refractivity contribution in [2.75, 3.05) is 6.61 Å². The number of aliphatic hydroxyl groups excluding tert-OH is 7. The molecule has 0 aromatic rings. The molecule has 4 saturated carbocycles. The number of esters is 1. The molecule has 0 spiro atoms. The third-order valence-corrected chi connectivity index (χ3v) is 15.2. The van der Waals surface area contributed by atoms with Crippen LogP contribution in [0.5, 0.6) is 0 Å². The molecule has 5 fully saturated rings. The molecule has 6 aliphatic rings. The molecule has 272 valence electrons. The van der Waals surface area contributed by atoms with Gasteiger partial charge in [0.15, 0.2) is 0 Å². The number of aliphatic hydroxyl groups is 7. The van der Waals surface area contributed by atoms with Gasteiger partial charge in [0.25, 0.3) is 6.47 Å². The third kappa shape index (κ3) is 4.69. The lowest BCUT2D eigenvalue weighted by atomic mass is 9.34. The summed E-state index contributed by atoms with van der Waals surface area (Å²) in [6.45, 7) is 12.1. The summed E-state index contributed by atoms with van der Waals surface area (Å²) in [6, 6.07) is 0. The second kappa shape index (κ2) is 11.7. The molecule has 0 amide bonds. The Morgan fingerprint density at radius 1 is 0.896 bits per heavy atom. The van der Waals surface area contributed by atoms with Crippen molar-refractivity contribution in [1.82, 2.24) is 0 Å². The van der Waals surface area contributed by atoms with E-state index < -0.39 is 94.8 Å². The summed E-state index contributed by atoms with van der Waals surface area (Å²) in [6.07, 6.45) is -4.52. The van der Waals surface area contributed by atoms with Gasteiger partial charge in [0.2, 0.25) is 6.29 Å². The lowest BCUT2D eigenvalue weighted by Crippen LogP contribution is -2.70. The number of allylic oxidation sites excluding steroid dienone is 1. The molecule has 6 rings (SSSR count). The fraction of sp³-hybridized carbons (Fsp3) is 0.889. The molecule has 5 aliphatic carbocycles. The van der Waals surface area contributed by atoms with Gasteiger partial charge in [0.05, 0.1) is 24.2 Å². The average molecular weight is 681 g/mol. The molecule has 0 aromatic carbocycles. The van der Waals surface area contributed by atoms with E-state index in [0.717, 1.165) is 12.0 Å². The van der Waals surface area contributed by atoms with Gasteiger partial charge in [-0.15, -0.1) is 0 Å². The Labute approximate surface area is 282 Å². The van der Waals surface area contributed by atoms with Crippen LogP contribution in [0.4, 0.5) is 0 Å². The quantitative estimate of drug-likeness (QED) is 0.125. The number of hydrogen-bond donors (Lipinski definition) is 7. The molecule has 7 N–H and O–H groups in total. The first-order chi connectivity index (χ1) is 22.3. The van der Waals surface area contributed by atoms with Crippen LogP contribution in [0, 0.1) is 44.8 Å². The normalized spacial score (nSPS) is 54.4. The Bertz CT molecular complexity index is 1320. The first-order valence-corrected chi connectivity index (χ1v) is 17.7. The van der Waals surface area contributed by atoms with Crippen LogP contribution < -0.4 is 0 Å². The van der Waals surface area contributed by atoms with E-state index in [-0.39, 0.29) is 17.3 Å². The van der Waals surface area contributed by atoms with Crippen molar-refractivity contribution < 1.29 is 59.5 Å². The summed E-state index contributed by atoms with van der Waals surface area (Å²) in [5, 5.41) is 75.4. The summed E-state index contributed by atoms with van der Waals surface area (Å²) in [7, 11) is 0. The molecule has 0 radical (unpaired) electrons. The van der Waals surface area contributed by atoms with Gasteiger partial charge in [-0.1, -0.05) is 46.3 Å². The molecule has 16 atom stereocenters. The van der Waals surface area contributed by atoms with E-state index in [9.17, 15) is 45.3 Å². The highest BCUT2D eigenvalue weighted by molar-refractivity contribution is 5.79. The minimum Gasteiger partial charge on any atom is -0.458 e. The maximum absolute atomic E-state index is 14.4. The predicted molar refractivity (Wildman–Crippen MR) is 169 cm³/mol. The third-order valence-electron chi connectivity index (χ3n) is 15.2. The van der Waals surface area contributed by atoms with Crippen LogP contribution in [0.3, 0.4) is 0 Å². The van der Waals surface area contributed by atoms with E-state index in [1.807, 2.05) is 13.8 Å². The first kappa shape index (κ1) is 36.2. The molecule has 4 unspecified atom stereocenters. The smallest absolute Gasteiger partial charge is 0.315 e. The van der Waals surface area contributed by atoms with Gasteiger partial charge in [0, 0.05) is 11.8 Å². The zero-order chi connectivity index (χ0) is 35.4. The number of ether oxygens (including phenoxy) is 3. The highest BCUT2D eigenvalue weighted by Gasteiger charge is 2.72. The predicted octanol–water partition coefficient (Wildman–Crippen LogP) is 1.34. The Hall–Kier alpha value is -1.64. The molecular weight excluding hydrogens is 624 g/mol. The largest absolute Gasteiger partial charge is 0.458 e. The fourth-order valence-electron chi connectivity index (χ4n) is 12.0. The van der Waals surface area contributed by atoms with Gasteiger partial charge >= 0.3 is 5.97 Å². The zero-order valence-electron chi connectivity index (χ0n) is 29.0. The second-order valence-corrected chi connectivity index (χ2v) is 17.6. The van der Waals surface area contributed by atoms with Gasteiger partial charge in [-0.25, -0.2) is 0 Å². The van der Waals surface area contributed by atoms with E-state index in [4.69, 9.17) is 14.2 Å². The Kier molecular flexibility index (Phi) is 8.81. The van der Waals surface area contributed by atoms with E-state index in [1.165, 1.54) is 0 Å². The minimum atomic E-state index is -1.73. The van der Waals surface area contributed by atoms with Gasteiger partial charge in [-0.2, -0.15) is 0 Å². The maximum atomic E-state index is 14.4. The molecule has 0 aromatic heterocycles. The van der Waals surface area contributed by atoms with Crippen molar-refractivity contribution in [1.29, 1.82) is 0 Å². The lowest BCUT2D eigenvalue weighted by molar-refractivity contribution is -0.299. The molecule has 1 aliphatic heterocycles. The molecule has 1 heterocycles. The summed E-state index contributed by atoms with van der Waals surface area (Å²) in [5.41, 5.74) is -3.20. The van der Waals surface area contributed by atoms with E-state index >= 15 is 0 Å². The van der Waals surface area contributed by atoms with Crippen LogP contribution in [0.15, 0.2) is 11.6 Å². The first-order valence-electron chi connectivity index (χ1n) is 17.7. The Morgan fingerprint density at radius 3 is 2.21 bits per heavy atom. The summed E-state index contributed by atoms with van der Waals surface area (Å²) in [4.78, 5) is 26.1. The molecule has 0 bridgehead atoms. The maximum Gasteiger partial charge on any atom is 0.315 e. The second-order valence-electron chi connectivity index (χ2n) is 17.6. The number of carbonyl (C=O) groups is 2. The topological polar surface area (TPSA) is 203 Å². The van der Waals surface area contributed by atoms with Gasteiger partial charge in [-0.3, -0.25) is 9.59 Å². The van der Waals surface area contributed by atoms with Crippen molar-refractivity contribution in [3.63, 3.8) is 0 Å². The summed E-state index contributed by atoms with van der Waals surface area (Å²) >= 11 is 0. The Balaban J connectivity index is 1.39. The van der Waals surface area contributed by atoms with Crippen molar-refractivity contribution in [3.8, 4) is 0 Å². The number of carbonyl (C=O) groups excluding carboxylic acids is 2. The highest BCUT2D eigenvalue weighted by atomic mass is 16.7. The molecule has 12 heteroatoms. The minimum absolute atomic E-state index is 0.0385. The SMILES string of the molecule is CC1(C)CC[C@]2(C(=O)O[C@H]3OC(CO)[C@H](O)C(O)[C@H]3O)CC[C@]3(C)C(=CCC4[C@@]5(C)C[C@@H](O)[C@H](O)[C@](C)(OC=O)C5CC[C@]43C)[C@@H]2[C@@H]1O. The summed E-state index contributed by atoms with van der Waals surface area (Å²) < 4.78 is 17.0. The van der Waals surface area contributed by atoms with Crippen LogP contribution >= 0.6 is 0 Å². The van der Waals surface area contributed by atoms with Crippen LogP contribution in [0.25, 0.3) is 0 Å². The van der Waals surface area contributed by atoms with Crippen LogP contribution in [0.2, 0.25) is 0 Å². The van der Waals surface area contributed by atoms with Crippen molar-refractivity contribution >= 4 is 12.4 Å². The molecular formula is C36H56O12. The van der Waals surface area contributed by atoms with Crippen molar-refractivity contribution in [3.05, 3.63) is 11.6 Å². The molecule has 12 nitrogen and oxygen atoms in total. The number of rotatable bonds is 5. The summed E-state index contributed by atoms with van der Waals surface area (Å²) in [5.74, 6) is -1.41. The van der Waals surface area contributed by atoms with E-state index in [2.05, 4.69) is 26.8 Å². The van der Waals surface area contributed by atoms with Gasteiger partial charge < -0.3 is 50.0 Å². The Morgan fingerprint density at radius 2 is 1.56 bits per heavy atom. The molecule has 1 saturated heterocycles. The number of hydrogen-bond acceptors (Lipinski definition) is 12. The van der Waals surface area contributed by atoms with Crippen molar-refractivity contribution in [2.24, 2.45) is 44.8 Å². The monoisotopic (exact) mass is 680 g/mol. The van der Waals surface area contributed by atoms with E-state index in [0.29, 0.717) is 51.4 Å². The van der Waals surface area contributed by atoms with E-state index in [1.54, 1.807) is 6.92 Å². The van der Waals surface area contributed by atoms with Crippen LogP contribution in [0.1, 0.15) is 92.9 Å². The fourth-order valence-corrected chi connectivity index (χ4v) is 12.0.